The van der Waals surface area contributed by atoms with Crippen molar-refractivity contribution in [3.05, 3.63) is 52.7 Å². The van der Waals surface area contributed by atoms with E-state index in [1.54, 1.807) is 30.5 Å². The minimum absolute atomic E-state index is 0.265. The summed E-state index contributed by atoms with van der Waals surface area (Å²) in [5, 5.41) is 10.3. The lowest BCUT2D eigenvalue weighted by Crippen LogP contribution is -1.99. The molecule has 0 aliphatic heterocycles. The van der Waals surface area contributed by atoms with Crippen molar-refractivity contribution in [2.75, 3.05) is 0 Å². The molecule has 1 aromatic carbocycles. The van der Waals surface area contributed by atoms with E-state index in [1.165, 1.54) is 11.8 Å². The van der Waals surface area contributed by atoms with Gasteiger partial charge < -0.3 is 5.11 Å². The Hall–Kier alpha value is -1.52. The summed E-state index contributed by atoms with van der Waals surface area (Å²) < 4.78 is 0. The number of carboxylic acids is 1. The van der Waals surface area contributed by atoms with Crippen molar-refractivity contribution >= 4 is 29.3 Å². The van der Waals surface area contributed by atoms with Crippen LogP contribution in [0, 0.1) is 6.92 Å². The maximum absolute atomic E-state index is 11.2. The second kappa shape index (κ2) is 5.42. The van der Waals surface area contributed by atoms with E-state index in [1.807, 2.05) is 13.0 Å². The van der Waals surface area contributed by atoms with Gasteiger partial charge in [0.05, 0.1) is 10.6 Å². The maximum atomic E-state index is 11.2. The molecule has 0 bridgehead atoms. The van der Waals surface area contributed by atoms with Gasteiger partial charge >= 0.3 is 5.97 Å². The molecular weight excluding hydrogens is 270 g/mol. The van der Waals surface area contributed by atoms with Gasteiger partial charge in [-0.2, -0.15) is 0 Å². The lowest BCUT2D eigenvalue weighted by Gasteiger charge is -2.07. The second-order valence-electron chi connectivity index (χ2n) is 3.70. The number of nitrogens with zero attached hydrogens (tertiary/aromatic N) is 1. The molecular formula is C13H10ClNO2S. The minimum Gasteiger partial charge on any atom is -0.478 e. The molecule has 1 aromatic heterocycles. The molecule has 0 saturated carbocycles. The highest BCUT2D eigenvalue weighted by Gasteiger charge is 2.13. The van der Waals surface area contributed by atoms with E-state index in [2.05, 4.69) is 4.98 Å². The van der Waals surface area contributed by atoms with Gasteiger partial charge in [-0.1, -0.05) is 35.0 Å². The molecule has 0 unspecified atom stereocenters. The number of hydrogen-bond acceptors (Lipinski definition) is 3. The molecule has 1 heterocycles. The van der Waals surface area contributed by atoms with E-state index in [4.69, 9.17) is 11.6 Å². The molecule has 0 saturated heterocycles. The summed E-state index contributed by atoms with van der Waals surface area (Å²) in [5.41, 5.74) is 1.17. The van der Waals surface area contributed by atoms with Gasteiger partial charge in [0.15, 0.2) is 0 Å². The average Bonchev–Trinajstić information content (AvgIpc) is 2.34. The van der Waals surface area contributed by atoms with Crippen LogP contribution in [0.2, 0.25) is 5.02 Å². The summed E-state index contributed by atoms with van der Waals surface area (Å²) in [4.78, 5) is 15.9. The molecule has 2 aromatic rings. The molecule has 1 N–H and O–H groups in total. The van der Waals surface area contributed by atoms with Crippen molar-refractivity contribution in [3.63, 3.8) is 0 Å². The molecule has 18 heavy (non-hydrogen) atoms. The van der Waals surface area contributed by atoms with Crippen LogP contribution in [-0.4, -0.2) is 16.1 Å². The number of pyridine rings is 1. The van der Waals surface area contributed by atoms with Crippen LogP contribution in [-0.2, 0) is 0 Å². The van der Waals surface area contributed by atoms with E-state index in [0.29, 0.717) is 14.9 Å². The van der Waals surface area contributed by atoms with Gasteiger partial charge in [-0.05, 0) is 31.2 Å². The van der Waals surface area contributed by atoms with Crippen LogP contribution in [0.3, 0.4) is 0 Å². The van der Waals surface area contributed by atoms with Crippen molar-refractivity contribution in [1.29, 1.82) is 0 Å². The third-order valence-corrected chi connectivity index (χ3v) is 3.81. The first-order valence-corrected chi connectivity index (χ1v) is 6.39. The summed E-state index contributed by atoms with van der Waals surface area (Å²) in [7, 11) is 0. The van der Waals surface area contributed by atoms with Crippen LogP contribution in [0.25, 0.3) is 0 Å². The van der Waals surface area contributed by atoms with Gasteiger partial charge in [-0.15, -0.1) is 0 Å². The first-order valence-electron chi connectivity index (χ1n) is 5.20. The molecule has 0 atom stereocenters. The van der Waals surface area contributed by atoms with Crippen LogP contribution in [0.5, 0.6) is 0 Å². The van der Waals surface area contributed by atoms with Crippen molar-refractivity contribution in [3.8, 4) is 0 Å². The summed E-state index contributed by atoms with van der Waals surface area (Å²) >= 11 is 7.26. The SMILES string of the molecule is Cc1ccc(Sc2ncccc2Cl)c(C(=O)O)c1. The minimum atomic E-state index is -0.951. The molecule has 92 valence electrons. The summed E-state index contributed by atoms with van der Waals surface area (Å²) in [6.45, 7) is 1.86. The van der Waals surface area contributed by atoms with Gasteiger partial charge in [0.2, 0.25) is 0 Å². The molecule has 0 amide bonds. The number of carbonyl (C=O) groups is 1. The monoisotopic (exact) mass is 279 g/mol. The Kier molecular flexibility index (Phi) is 3.89. The number of benzene rings is 1. The lowest BCUT2D eigenvalue weighted by atomic mass is 10.1. The fraction of sp³-hybridized carbons (Fsp3) is 0.0769. The van der Waals surface area contributed by atoms with Crippen LogP contribution < -0.4 is 0 Å². The van der Waals surface area contributed by atoms with E-state index < -0.39 is 5.97 Å². The van der Waals surface area contributed by atoms with E-state index in [-0.39, 0.29) is 5.56 Å². The van der Waals surface area contributed by atoms with Crippen molar-refractivity contribution in [1.82, 2.24) is 4.98 Å². The summed E-state index contributed by atoms with van der Waals surface area (Å²) in [5.74, 6) is -0.951. The third-order valence-electron chi connectivity index (χ3n) is 2.30. The van der Waals surface area contributed by atoms with Gasteiger partial charge in [-0.25, -0.2) is 9.78 Å². The Bertz CT molecular complexity index is 601. The number of aromatic carboxylic acids is 1. The van der Waals surface area contributed by atoms with Crippen LogP contribution in [0.4, 0.5) is 0 Å². The standard InChI is InChI=1S/C13H10ClNO2S/c1-8-4-5-11(9(7-8)13(16)17)18-12-10(14)3-2-6-15-12/h2-7H,1H3,(H,16,17). The highest BCUT2D eigenvalue weighted by Crippen LogP contribution is 2.33. The van der Waals surface area contributed by atoms with Crippen LogP contribution >= 0.6 is 23.4 Å². The second-order valence-corrected chi connectivity index (χ2v) is 5.14. The molecule has 3 nitrogen and oxygen atoms in total. The zero-order chi connectivity index (χ0) is 13.1. The zero-order valence-electron chi connectivity index (χ0n) is 9.55. The predicted molar refractivity (Wildman–Crippen MR) is 71.5 cm³/mol. The van der Waals surface area contributed by atoms with Gasteiger partial charge in [0.25, 0.3) is 0 Å². The van der Waals surface area contributed by atoms with Gasteiger partial charge in [-0.3, -0.25) is 0 Å². The Balaban J connectivity index is 2.41. The number of carboxylic acid groups (broad SMARTS) is 1. The lowest BCUT2D eigenvalue weighted by molar-refractivity contribution is 0.0693. The fourth-order valence-electron chi connectivity index (χ4n) is 1.45. The van der Waals surface area contributed by atoms with Crippen LogP contribution in [0.15, 0.2) is 46.5 Å². The Morgan fingerprint density at radius 3 is 2.83 bits per heavy atom. The molecule has 0 aliphatic rings. The smallest absolute Gasteiger partial charge is 0.336 e. The number of aromatic nitrogens is 1. The largest absolute Gasteiger partial charge is 0.478 e. The van der Waals surface area contributed by atoms with Gasteiger partial charge in [0.1, 0.15) is 5.03 Å². The molecule has 0 fully saturated rings. The zero-order valence-corrected chi connectivity index (χ0v) is 11.1. The first-order chi connectivity index (χ1) is 8.58. The Morgan fingerprint density at radius 1 is 1.39 bits per heavy atom. The van der Waals surface area contributed by atoms with E-state index in [9.17, 15) is 9.90 Å². The maximum Gasteiger partial charge on any atom is 0.336 e. The predicted octanol–water partition coefficient (Wildman–Crippen LogP) is 3.89. The molecule has 5 heteroatoms. The third kappa shape index (κ3) is 2.83. The molecule has 0 radical (unpaired) electrons. The topological polar surface area (TPSA) is 50.2 Å². The summed E-state index contributed by atoms with van der Waals surface area (Å²) in [6.07, 6.45) is 1.63. The number of hydrogen-bond donors (Lipinski definition) is 1. The fourth-order valence-corrected chi connectivity index (χ4v) is 2.57. The molecule has 0 aliphatic carbocycles. The average molecular weight is 280 g/mol. The molecule has 2 rings (SSSR count). The normalized spacial score (nSPS) is 10.3. The highest BCUT2D eigenvalue weighted by molar-refractivity contribution is 7.99. The highest BCUT2D eigenvalue weighted by atomic mass is 35.5. The number of rotatable bonds is 3. The quantitative estimate of drug-likeness (QED) is 0.926. The molecule has 0 spiro atoms. The Morgan fingerprint density at radius 2 is 2.17 bits per heavy atom. The van der Waals surface area contributed by atoms with Crippen molar-refractivity contribution in [2.45, 2.75) is 16.8 Å². The first kappa shape index (κ1) is 12.9. The van der Waals surface area contributed by atoms with Crippen molar-refractivity contribution in [2.24, 2.45) is 0 Å². The van der Waals surface area contributed by atoms with Crippen LogP contribution in [0.1, 0.15) is 15.9 Å². The Labute approximate surface area is 114 Å². The number of halogens is 1. The van der Waals surface area contributed by atoms with Gasteiger partial charge in [0, 0.05) is 11.1 Å². The van der Waals surface area contributed by atoms with Crippen molar-refractivity contribution < 1.29 is 9.90 Å². The summed E-state index contributed by atoms with van der Waals surface area (Å²) in [6, 6.07) is 8.74. The number of aryl methyl sites for hydroxylation is 1. The van der Waals surface area contributed by atoms with E-state index in [0.717, 1.165) is 5.56 Å². The van der Waals surface area contributed by atoms with E-state index >= 15 is 0 Å².